The minimum atomic E-state index is -0.198. The Morgan fingerprint density at radius 1 is 1.20 bits per heavy atom. The number of hydrogen-bond donors (Lipinski definition) is 1. The maximum atomic E-state index is 6.30. The van der Waals surface area contributed by atoms with E-state index in [0.29, 0.717) is 0 Å². The lowest BCUT2D eigenvalue weighted by molar-refractivity contribution is -0.164. The summed E-state index contributed by atoms with van der Waals surface area (Å²) >= 11 is 0. The van der Waals surface area contributed by atoms with Crippen molar-refractivity contribution in [2.24, 2.45) is 0 Å². The van der Waals surface area contributed by atoms with Crippen molar-refractivity contribution in [3.05, 3.63) is 0 Å². The van der Waals surface area contributed by atoms with Gasteiger partial charge in [-0.05, 0) is 51.7 Å². The van der Waals surface area contributed by atoms with Gasteiger partial charge in [0.1, 0.15) is 0 Å². The number of rotatable bonds is 5. The van der Waals surface area contributed by atoms with Crippen LogP contribution in [0.1, 0.15) is 51.9 Å². The van der Waals surface area contributed by atoms with E-state index >= 15 is 0 Å². The van der Waals surface area contributed by atoms with E-state index in [4.69, 9.17) is 9.47 Å². The molecule has 1 saturated carbocycles. The van der Waals surface area contributed by atoms with Crippen LogP contribution in [-0.2, 0) is 9.47 Å². The molecule has 0 bridgehead atoms. The Labute approximate surface area is 123 Å². The topological polar surface area (TPSA) is 33.7 Å². The Bertz CT molecular complexity index is 299. The van der Waals surface area contributed by atoms with Gasteiger partial charge in [-0.1, -0.05) is 6.92 Å². The number of nitrogens with one attached hydrogen (secondary N) is 1. The summed E-state index contributed by atoms with van der Waals surface area (Å²) in [5.41, 5.74) is 0. The first-order valence-corrected chi connectivity index (χ1v) is 8.58. The molecule has 0 amide bonds. The van der Waals surface area contributed by atoms with Crippen molar-refractivity contribution in [1.29, 1.82) is 0 Å². The first kappa shape index (κ1) is 14.8. The Morgan fingerprint density at radius 3 is 2.65 bits per heavy atom. The molecule has 3 fully saturated rings. The molecule has 2 aliphatic heterocycles. The average molecular weight is 282 g/mol. The summed E-state index contributed by atoms with van der Waals surface area (Å²) in [5, 5.41) is 3.46. The molecular formula is C16H30N2O2. The standard InChI is InChI=1S/C16H30N2O2/c1-2-11-18(14-5-9-17-10-6-14)12-15-13-19-16(20-15)7-3-4-8-16/h14-15,17H,2-13H2,1H3. The van der Waals surface area contributed by atoms with E-state index in [9.17, 15) is 0 Å². The first-order valence-electron chi connectivity index (χ1n) is 8.58. The van der Waals surface area contributed by atoms with E-state index in [0.717, 1.165) is 45.1 Å². The van der Waals surface area contributed by atoms with Crippen LogP contribution < -0.4 is 5.32 Å². The summed E-state index contributed by atoms with van der Waals surface area (Å²) in [6.07, 6.45) is 8.80. The summed E-state index contributed by atoms with van der Waals surface area (Å²) in [5.74, 6) is -0.198. The summed E-state index contributed by atoms with van der Waals surface area (Å²) in [6.45, 7) is 7.65. The van der Waals surface area contributed by atoms with Crippen molar-refractivity contribution in [1.82, 2.24) is 10.2 Å². The Morgan fingerprint density at radius 2 is 1.95 bits per heavy atom. The van der Waals surface area contributed by atoms with Crippen LogP contribution in [-0.4, -0.2) is 55.6 Å². The van der Waals surface area contributed by atoms with Crippen molar-refractivity contribution in [3.63, 3.8) is 0 Å². The zero-order valence-electron chi connectivity index (χ0n) is 12.9. The molecule has 0 radical (unpaired) electrons. The van der Waals surface area contributed by atoms with Crippen LogP contribution in [0.2, 0.25) is 0 Å². The molecule has 2 saturated heterocycles. The fraction of sp³-hybridized carbons (Fsp3) is 1.00. The predicted octanol–water partition coefficient (Wildman–Crippen LogP) is 2.14. The highest BCUT2D eigenvalue weighted by Gasteiger charge is 2.44. The van der Waals surface area contributed by atoms with Crippen molar-refractivity contribution >= 4 is 0 Å². The van der Waals surface area contributed by atoms with Crippen LogP contribution in [0.4, 0.5) is 0 Å². The summed E-state index contributed by atoms with van der Waals surface area (Å²) in [7, 11) is 0. The van der Waals surface area contributed by atoms with Gasteiger partial charge >= 0.3 is 0 Å². The molecule has 3 rings (SSSR count). The largest absolute Gasteiger partial charge is 0.347 e. The van der Waals surface area contributed by atoms with Gasteiger partial charge in [-0.3, -0.25) is 4.90 Å². The third kappa shape index (κ3) is 3.35. The van der Waals surface area contributed by atoms with E-state index in [1.54, 1.807) is 0 Å². The van der Waals surface area contributed by atoms with Gasteiger partial charge in [-0.2, -0.15) is 0 Å². The van der Waals surface area contributed by atoms with E-state index < -0.39 is 0 Å². The second-order valence-corrected chi connectivity index (χ2v) is 6.64. The van der Waals surface area contributed by atoms with Crippen LogP contribution in [0.3, 0.4) is 0 Å². The second kappa shape index (κ2) is 6.73. The summed E-state index contributed by atoms with van der Waals surface area (Å²) < 4.78 is 12.3. The molecule has 3 aliphatic rings. The smallest absolute Gasteiger partial charge is 0.168 e. The van der Waals surface area contributed by atoms with Crippen LogP contribution in [0.25, 0.3) is 0 Å². The maximum absolute atomic E-state index is 6.30. The van der Waals surface area contributed by atoms with Gasteiger partial charge in [0.2, 0.25) is 0 Å². The molecule has 0 aromatic heterocycles. The molecule has 1 N–H and O–H groups in total. The minimum absolute atomic E-state index is 0.198. The predicted molar refractivity (Wildman–Crippen MR) is 79.8 cm³/mol. The van der Waals surface area contributed by atoms with E-state index in [-0.39, 0.29) is 11.9 Å². The Kier molecular flexibility index (Phi) is 4.97. The van der Waals surface area contributed by atoms with Gasteiger partial charge in [-0.15, -0.1) is 0 Å². The zero-order valence-corrected chi connectivity index (χ0v) is 12.9. The van der Waals surface area contributed by atoms with Crippen molar-refractivity contribution in [2.45, 2.75) is 69.8 Å². The molecule has 0 aromatic carbocycles. The monoisotopic (exact) mass is 282 g/mol. The van der Waals surface area contributed by atoms with E-state index in [1.165, 1.54) is 38.6 Å². The van der Waals surface area contributed by atoms with E-state index in [1.807, 2.05) is 0 Å². The molecule has 1 unspecified atom stereocenters. The first-order chi connectivity index (χ1) is 9.81. The molecule has 4 heteroatoms. The van der Waals surface area contributed by atoms with Gasteiger partial charge in [0.05, 0.1) is 12.7 Å². The highest BCUT2D eigenvalue weighted by molar-refractivity contribution is 4.87. The Hall–Kier alpha value is -0.160. The molecule has 0 aromatic rings. The van der Waals surface area contributed by atoms with Gasteiger partial charge in [-0.25, -0.2) is 0 Å². The average Bonchev–Trinajstić information content (AvgIpc) is 3.10. The molecular weight excluding hydrogens is 252 g/mol. The van der Waals surface area contributed by atoms with Crippen LogP contribution in [0.15, 0.2) is 0 Å². The maximum Gasteiger partial charge on any atom is 0.168 e. The zero-order chi connectivity index (χ0) is 13.8. The molecule has 4 nitrogen and oxygen atoms in total. The van der Waals surface area contributed by atoms with Crippen LogP contribution >= 0.6 is 0 Å². The number of nitrogens with zero attached hydrogens (tertiary/aromatic N) is 1. The molecule has 20 heavy (non-hydrogen) atoms. The Balaban J connectivity index is 1.53. The van der Waals surface area contributed by atoms with Gasteiger partial charge in [0, 0.05) is 25.4 Å². The normalized spacial score (nSPS) is 30.6. The fourth-order valence-electron chi connectivity index (χ4n) is 4.03. The van der Waals surface area contributed by atoms with Gasteiger partial charge in [0.15, 0.2) is 5.79 Å². The van der Waals surface area contributed by atoms with E-state index in [2.05, 4.69) is 17.1 Å². The van der Waals surface area contributed by atoms with Crippen LogP contribution in [0.5, 0.6) is 0 Å². The minimum Gasteiger partial charge on any atom is -0.347 e. The molecule has 1 spiro atoms. The quantitative estimate of drug-likeness (QED) is 0.837. The van der Waals surface area contributed by atoms with Gasteiger partial charge < -0.3 is 14.8 Å². The van der Waals surface area contributed by atoms with Crippen molar-refractivity contribution in [2.75, 3.05) is 32.8 Å². The molecule has 1 aliphatic carbocycles. The SMILES string of the molecule is CCCN(CC1COC2(CCCC2)O1)C1CCNCC1. The lowest BCUT2D eigenvalue weighted by Crippen LogP contribution is -2.47. The number of ether oxygens (including phenoxy) is 2. The van der Waals surface area contributed by atoms with Gasteiger partial charge in [0.25, 0.3) is 0 Å². The molecule has 116 valence electrons. The third-order valence-corrected chi connectivity index (χ3v) is 5.05. The highest BCUT2D eigenvalue weighted by atomic mass is 16.7. The van der Waals surface area contributed by atoms with Crippen molar-refractivity contribution in [3.8, 4) is 0 Å². The summed E-state index contributed by atoms with van der Waals surface area (Å²) in [4.78, 5) is 2.66. The third-order valence-electron chi connectivity index (χ3n) is 5.05. The van der Waals surface area contributed by atoms with Crippen LogP contribution in [0, 0.1) is 0 Å². The lowest BCUT2D eigenvalue weighted by Gasteiger charge is -2.36. The number of piperidine rings is 1. The van der Waals surface area contributed by atoms with Crippen molar-refractivity contribution < 1.29 is 9.47 Å². The lowest BCUT2D eigenvalue weighted by atomic mass is 10.0. The number of hydrogen-bond acceptors (Lipinski definition) is 4. The molecule has 2 heterocycles. The highest BCUT2D eigenvalue weighted by Crippen LogP contribution is 2.39. The second-order valence-electron chi connectivity index (χ2n) is 6.64. The molecule has 1 atom stereocenters. The summed E-state index contributed by atoms with van der Waals surface area (Å²) in [6, 6.07) is 0.736. The fourth-order valence-corrected chi connectivity index (χ4v) is 4.03.